The van der Waals surface area contributed by atoms with Gasteiger partial charge in [0.1, 0.15) is 0 Å². The van der Waals surface area contributed by atoms with Gasteiger partial charge >= 0.3 is 0 Å². The monoisotopic (exact) mass is 340 g/mol. The molecule has 0 saturated heterocycles. The van der Waals surface area contributed by atoms with Crippen molar-refractivity contribution in [1.82, 2.24) is 0 Å². The molecule has 0 spiro atoms. The molecule has 0 aliphatic carbocycles. The van der Waals surface area contributed by atoms with Crippen molar-refractivity contribution < 1.29 is 19.4 Å². The van der Waals surface area contributed by atoms with Gasteiger partial charge in [0.2, 0.25) is 5.75 Å². The first-order chi connectivity index (χ1) is 12.1. The molecule has 0 aliphatic heterocycles. The SMILES string of the molecule is CCCCc1ccc(C(=O)/C=C/c2cc(OC)c(O)c(OC)c2)cc1. The number of carbonyl (C=O) groups is 1. The summed E-state index contributed by atoms with van der Waals surface area (Å²) < 4.78 is 10.2. The van der Waals surface area contributed by atoms with Gasteiger partial charge in [0, 0.05) is 5.56 Å². The Morgan fingerprint density at radius 3 is 2.20 bits per heavy atom. The molecule has 0 atom stereocenters. The van der Waals surface area contributed by atoms with Crippen molar-refractivity contribution in [3.8, 4) is 17.2 Å². The molecule has 0 saturated carbocycles. The minimum absolute atomic E-state index is 0.0591. The Hall–Kier alpha value is -2.75. The largest absolute Gasteiger partial charge is 0.502 e. The Morgan fingerprint density at radius 1 is 1.08 bits per heavy atom. The molecule has 132 valence electrons. The van der Waals surface area contributed by atoms with Crippen LogP contribution < -0.4 is 9.47 Å². The lowest BCUT2D eigenvalue weighted by molar-refractivity contribution is 0.104. The number of allylic oxidation sites excluding steroid dienone is 1. The van der Waals surface area contributed by atoms with Crippen LogP contribution in [-0.4, -0.2) is 25.1 Å². The number of aromatic hydroxyl groups is 1. The molecule has 4 nitrogen and oxygen atoms in total. The van der Waals surface area contributed by atoms with E-state index in [1.54, 1.807) is 18.2 Å². The van der Waals surface area contributed by atoms with E-state index in [2.05, 4.69) is 6.92 Å². The first-order valence-corrected chi connectivity index (χ1v) is 8.35. The summed E-state index contributed by atoms with van der Waals surface area (Å²) in [5.74, 6) is 0.461. The van der Waals surface area contributed by atoms with Crippen molar-refractivity contribution >= 4 is 11.9 Å². The predicted octanol–water partition coefficient (Wildman–Crippen LogP) is 4.65. The third kappa shape index (κ3) is 4.86. The molecule has 0 unspecified atom stereocenters. The molecule has 0 amide bonds. The zero-order chi connectivity index (χ0) is 18.2. The van der Waals surface area contributed by atoms with Gasteiger partial charge < -0.3 is 14.6 Å². The molecule has 2 aromatic rings. The third-order valence-corrected chi connectivity index (χ3v) is 3.99. The number of benzene rings is 2. The highest BCUT2D eigenvalue weighted by Crippen LogP contribution is 2.37. The van der Waals surface area contributed by atoms with Gasteiger partial charge in [-0.25, -0.2) is 0 Å². The third-order valence-electron chi connectivity index (χ3n) is 3.99. The van der Waals surface area contributed by atoms with Crippen molar-refractivity contribution in [2.24, 2.45) is 0 Å². The fourth-order valence-electron chi connectivity index (χ4n) is 2.49. The number of unbranched alkanes of at least 4 members (excludes halogenated alkanes) is 1. The van der Waals surface area contributed by atoms with Crippen molar-refractivity contribution in [3.63, 3.8) is 0 Å². The normalized spacial score (nSPS) is 10.8. The van der Waals surface area contributed by atoms with Gasteiger partial charge in [-0.15, -0.1) is 0 Å². The van der Waals surface area contributed by atoms with Crippen LogP contribution in [0.4, 0.5) is 0 Å². The van der Waals surface area contributed by atoms with Crippen LogP contribution in [0.2, 0.25) is 0 Å². The van der Waals surface area contributed by atoms with E-state index in [1.807, 2.05) is 24.3 Å². The molecule has 0 aromatic heterocycles. The van der Waals surface area contributed by atoms with E-state index in [0.29, 0.717) is 22.6 Å². The molecule has 0 aliphatic rings. The molecular formula is C21H24O4. The molecule has 0 fully saturated rings. The fraction of sp³-hybridized carbons (Fsp3) is 0.286. The summed E-state index contributed by atoms with van der Waals surface area (Å²) in [6, 6.07) is 11.0. The van der Waals surface area contributed by atoms with Crippen molar-refractivity contribution in [1.29, 1.82) is 0 Å². The zero-order valence-electron chi connectivity index (χ0n) is 14.9. The Morgan fingerprint density at radius 2 is 1.68 bits per heavy atom. The lowest BCUT2D eigenvalue weighted by atomic mass is 10.0. The Labute approximate surface area is 148 Å². The van der Waals surface area contributed by atoms with Crippen molar-refractivity contribution in [2.45, 2.75) is 26.2 Å². The van der Waals surface area contributed by atoms with Gasteiger partial charge in [0.15, 0.2) is 17.3 Å². The van der Waals surface area contributed by atoms with Gasteiger partial charge in [0.05, 0.1) is 14.2 Å². The van der Waals surface area contributed by atoms with E-state index in [0.717, 1.165) is 19.3 Å². The average molecular weight is 340 g/mol. The second-order valence-electron chi connectivity index (χ2n) is 5.77. The summed E-state index contributed by atoms with van der Waals surface area (Å²) in [4.78, 5) is 12.3. The molecule has 1 N–H and O–H groups in total. The number of phenols is 1. The number of phenolic OH excluding ortho intramolecular Hbond substituents is 1. The lowest BCUT2D eigenvalue weighted by Crippen LogP contribution is -1.95. The van der Waals surface area contributed by atoms with E-state index in [1.165, 1.54) is 25.9 Å². The van der Waals surface area contributed by atoms with Gasteiger partial charge in [-0.3, -0.25) is 4.79 Å². The van der Waals surface area contributed by atoms with Gasteiger partial charge in [-0.2, -0.15) is 0 Å². The second-order valence-corrected chi connectivity index (χ2v) is 5.77. The molecular weight excluding hydrogens is 316 g/mol. The van der Waals surface area contributed by atoms with Crippen LogP contribution >= 0.6 is 0 Å². The van der Waals surface area contributed by atoms with Crippen LogP contribution in [-0.2, 0) is 6.42 Å². The highest BCUT2D eigenvalue weighted by Gasteiger charge is 2.10. The number of ketones is 1. The average Bonchev–Trinajstić information content (AvgIpc) is 2.65. The second kappa shape index (κ2) is 8.92. The number of methoxy groups -OCH3 is 2. The highest BCUT2D eigenvalue weighted by molar-refractivity contribution is 6.06. The number of hydrogen-bond acceptors (Lipinski definition) is 4. The first kappa shape index (κ1) is 18.6. The molecule has 2 rings (SSSR count). The summed E-state index contributed by atoms with van der Waals surface area (Å²) in [6.45, 7) is 2.16. The van der Waals surface area contributed by atoms with Crippen LogP contribution in [0.15, 0.2) is 42.5 Å². The van der Waals surface area contributed by atoms with E-state index >= 15 is 0 Å². The smallest absolute Gasteiger partial charge is 0.200 e. The standard InChI is InChI=1S/C21H24O4/c1-4-5-6-15-7-10-17(11-8-15)18(22)12-9-16-13-19(24-2)21(23)20(14-16)25-3/h7-14,23H,4-6H2,1-3H3/b12-9+. The number of hydrogen-bond donors (Lipinski definition) is 1. The quantitative estimate of drug-likeness (QED) is 0.561. The number of aryl methyl sites for hydroxylation is 1. The molecule has 0 heterocycles. The fourth-order valence-corrected chi connectivity index (χ4v) is 2.49. The molecule has 0 radical (unpaired) electrons. The Balaban J connectivity index is 2.14. The molecule has 0 bridgehead atoms. The van der Waals surface area contributed by atoms with Gasteiger partial charge in [-0.05, 0) is 42.2 Å². The lowest BCUT2D eigenvalue weighted by Gasteiger charge is -2.09. The summed E-state index contributed by atoms with van der Waals surface area (Å²) in [6.07, 6.45) is 6.53. The maximum absolute atomic E-state index is 12.3. The van der Waals surface area contributed by atoms with E-state index in [9.17, 15) is 9.90 Å². The minimum Gasteiger partial charge on any atom is -0.502 e. The molecule has 4 heteroatoms. The van der Waals surface area contributed by atoms with E-state index in [4.69, 9.17) is 9.47 Å². The van der Waals surface area contributed by atoms with Crippen LogP contribution in [0.5, 0.6) is 17.2 Å². The minimum atomic E-state index is -0.0759. The van der Waals surface area contributed by atoms with Gasteiger partial charge in [0.25, 0.3) is 0 Å². The Bertz CT molecular complexity index is 720. The van der Waals surface area contributed by atoms with Crippen LogP contribution in [0.1, 0.15) is 41.3 Å². The summed E-state index contributed by atoms with van der Waals surface area (Å²) in [5.41, 5.74) is 2.60. The highest BCUT2D eigenvalue weighted by atomic mass is 16.5. The van der Waals surface area contributed by atoms with Crippen LogP contribution in [0.3, 0.4) is 0 Å². The maximum atomic E-state index is 12.3. The summed E-state index contributed by atoms with van der Waals surface area (Å²) >= 11 is 0. The van der Waals surface area contributed by atoms with E-state index in [-0.39, 0.29) is 11.5 Å². The van der Waals surface area contributed by atoms with Gasteiger partial charge in [-0.1, -0.05) is 43.7 Å². The number of rotatable bonds is 8. The van der Waals surface area contributed by atoms with Crippen LogP contribution in [0, 0.1) is 0 Å². The zero-order valence-corrected chi connectivity index (χ0v) is 14.9. The van der Waals surface area contributed by atoms with Crippen LogP contribution in [0.25, 0.3) is 6.08 Å². The number of carbonyl (C=O) groups excluding carboxylic acids is 1. The summed E-state index contributed by atoms with van der Waals surface area (Å²) in [5, 5.41) is 9.92. The topological polar surface area (TPSA) is 55.8 Å². The molecule has 2 aromatic carbocycles. The Kier molecular flexibility index (Phi) is 6.63. The maximum Gasteiger partial charge on any atom is 0.200 e. The first-order valence-electron chi connectivity index (χ1n) is 8.35. The summed E-state index contributed by atoms with van der Waals surface area (Å²) in [7, 11) is 2.93. The number of ether oxygens (including phenoxy) is 2. The van der Waals surface area contributed by atoms with Crippen molar-refractivity contribution in [3.05, 3.63) is 59.2 Å². The molecule has 25 heavy (non-hydrogen) atoms. The van der Waals surface area contributed by atoms with E-state index < -0.39 is 0 Å². The predicted molar refractivity (Wildman–Crippen MR) is 99.6 cm³/mol. The van der Waals surface area contributed by atoms with Crippen molar-refractivity contribution in [2.75, 3.05) is 14.2 Å².